The number of hydrogen-bond acceptors (Lipinski definition) is 11. The van der Waals surface area contributed by atoms with Crippen LogP contribution in [0.25, 0.3) is 11.1 Å². The maximum atomic E-state index is 13.8. The van der Waals surface area contributed by atoms with E-state index in [0.717, 1.165) is 30.3 Å². The fourth-order valence-electron chi connectivity index (χ4n) is 4.31. The molecule has 1 heterocycles. The second kappa shape index (κ2) is 13.9. The lowest BCUT2D eigenvalue weighted by atomic mass is 9.95. The molecule has 1 amide bonds. The summed E-state index contributed by atoms with van der Waals surface area (Å²) in [7, 11) is -3.50. The van der Waals surface area contributed by atoms with Crippen molar-refractivity contribution in [3.63, 3.8) is 0 Å². The van der Waals surface area contributed by atoms with Crippen molar-refractivity contribution in [1.82, 2.24) is 4.90 Å². The summed E-state index contributed by atoms with van der Waals surface area (Å²) in [5, 5.41) is 0. The minimum Gasteiger partial charge on any atom is -0.462 e. The first kappa shape index (κ1) is 32.7. The normalized spacial score (nSPS) is 16.0. The first-order valence-electron chi connectivity index (χ1n) is 12.8. The molecule has 1 aliphatic rings. The van der Waals surface area contributed by atoms with Gasteiger partial charge in [0, 0.05) is 41.8 Å². The highest BCUT2D eigenvalue weighted by molar-refractivity contribution is 7.99. The molecule has 0 bridgehead atoms. The number of nitrogens with zero attached hydrogens (tertiary/aromatic N) is 2. The van der Waals surface area contributed by atoms with Crippen LogP contribution in [0.4, 0.5) is 9.18 Å². The predicted octanol–water partition coefficient (Wildman–Crippen LogP) is 4.65. The summed E-state index contributed by atoms with van der Waals surface area (Å²) in [6.45, 7) is 4.52. The first-order valence-corrected chi connectivity index (χ1v) is 15.5. The quantitative estimate of drug-likeness (QED) is 0.0588. The molecule has 42 heavy (non-hydrogen) atoms. The number of nitroso groups, excluding NO2 is 1. The summed E-state index contributed by atoms with van der Waals surface area (Å²) in [6.07, 6.45) is 0.729. The number of carbonyl (C=O) groups excluding carboxylic acids is 3. The number of carbonyl (C=O) groups is 3. The van der Waals surface area contributed by atoms with Crippen molar-refractivity contribution in [2.75, 3.05) is 32.6 Å². The topological polar surface area (TPSA) is 146 Å². The van der Waals surface area contributed by atoms with E-state index in [4.69, 9.17) is 14.2 Å². The maximum Gasteiger partial charge on any atom is 0.410 e. The van der Waals surface area contributed by atoms with Gasteiger partial charge in [0.15, 0.2) is 9.84 Å². The van der Waals surface area contributed by atoms with Gasteiger partial charge in [0.1, 0.15) is 19.0 Å². The molecule has 1 saturated heterocycles. The first-order chi connectivity index (χ1) is 19.7. The van der Waals surface area contributed by atoms with E-state index in [2.05, 4.69) is 4.58 Å². The molecule has 1 unspecified atom stereocenters. The number of esters is 2. The van der Waals surface area contributed by atoms with E-state index in [1.807, 2.05) is 0 Å². The van der Waals surface area contributed by atoms with Crippen LogP contribution in [0.5, 0.6) is 0 Å². The number of halogens is 1. The summed E-state index contributed by atoms with van der Waals surface area (Å²) < 4.78 is 55.8. The zero-order chi connectivity index (χ0) is 31.1. The van der Waals surface area contributed by atoms with Crippen molar-refractivity contribution in [2.45, 2.75) is 42.9 Å². The second-order valence-electron chi connectivity index (χ2n) is 9.98. The highest BCUT2D eigenvalue weighted by atomic mass is 32.2. The molecule has 1 fully saturated rings. The molecule has 2 aromatic rings. The van der Waals surface area contributed by atoms with Crippen molar-refractivity contribution in [2.24, 2.45) is 4.58 Å². The minimum absolute atomic E-state index is 0.0172. The van der Waals surface area contributed by atoms with Crippen molar-refractivity contribution in [3.05, 3.63) is 70.4 Å². The van der Waals surface area contributed by atoms with Gasteiger partial charge in [-0.1, -0.05) is 24.3 Å². The third kappa shape index (κ3) is 8.38. The van der Waals surface area contributed by atoms with Crippen LogP contribution >= 0.6 is 11.9 Å². The van der Waals surface area contributed by atoms with E-state index in [9.17, 15) is 32.1 Å². The van der Waals surface area contributed by atoms with Crippen molar-refractivity contribution in [1.29, 1.82) is 0 Å². The van der Waals surface area contributed by atoms with Crippen LogP contribution in [0, 0.1) is 10.7 Å². The Labute approximate surface area is 247 Å². The summed E-state index contributed by atoms with van der Waals surface area (Å²) in [5.41, 5.74) is 0.853. The maximum absolute atomic E-state index is 13.8. The number of rotatable bonds is 13. The number of cyclic esters (lactones) is 1. The number of sulfone groups is 1. The molecule has 226 valence electrons. The van der Waals surface area contributed by atoms with Crippen LogP contribution in [0.2, 0.25) is 0 Å². The van der Waals surface area contributed by atoms with E-state index in [1.165, 1.54) is 48.2 Å². The van der Waals surface area contributed by atoms with Gasteiger partial charge in [-0.3, -0.25) is 4.79 Å². The Hall–Kier alpha value is -3.78. The molecule has 0 spiro atoms. The zero-order valence-corrected chi connectivity index (χ0v) is 25.1. The van der Waals surface area contributed by atoms with E-state index in [1.54, 1.807) is 13.8 Å². The lowest BCUT2D eigenvalue weighted by molar-refractivity contribution is -0.140. The Morgan fingerprint density at radius 1 is 1.10 bits per heavy atom. The van der Waals surface area contributed by atoms with Gasteiger partial charge in [0.2, 0.25) is 0 Å². The lowest BCUT2D eigenvalue weighted by Gasteiger charge is -2.32. The van der Waals surface area contributed by atoms with Gasteiger partial charge < -0.3 is 19.1 Å². The van der Waals surface area contributed by atoms with Gasteiger partial charge in [-0.05, 0) is 55.7 Å². The van der Waals surface area contributed by atoms with Crippen molar-refractivity contribution >= 4 is 51.0 Å². The Kier molecular flexibility index (Phi) is 10.9. The number of hydrogen-bond donors (Lipinski definition) is 0. The standard InChI is InChI=1S/C28H31FN2O9S2/c1-18(32)39-16-23(19-8-12-22(13-9-19)42(4,36)37)25(20-6-10-21(29)11-7-20)26(33)38-15-5-14-31-24(17-40-27(31)34)28(2,3)41-30-35/h6-13,24H,5,14-17H2,1-4H3. The summed E-state index contributed by atoms with van der Waals surface area (Å²) in [4.78, 5) is 49.8. The zero-order valence-electron chi connectivity index (χ0n) is 23.5. The molecule has 0 saturated carbocycles. The van der Waals surface area contributed by atoms with E-state index >= 15 is 0 Å². The average Bonchev–Trinajstić information content (AvgIpc) is 3.30. The Morgan fingerprint density at radius 2 is 1.71 bits per heavy atom. The fraction of sp³-hybridized carbons (Fsp3) is 0.393. The molecule has 0 N–H and O–H groups in total. The van der Waals surface area contributed by atoms with Gasteiger partial charge in [-0.15, -0.1) is 4.91 Å². The van der Waals surface area contributed by atoms with Gasteiger partial charge in [0.25, 0.3) is 0 Å². The van der Waals surface area contributed by atoms with Gasteiger partial charge in [-0.25, -0.2) is 22.4 Å². The Bertz CT molecular complexity index is 1460. The van der Waals surface area contributed by atoms with Crippen molar-refractivity contribution in [3.8, 4) is 0 Å². The molecule has 3 rings (SSSR count). The molecule has 11 nitrogen and oxygen atoms in total. The largest absolute Gasteiger partial charge is 0.462 e. The van der Waals surface area contributed by atoms with Gasteiger partial charge in [0.05, 0.1) is 27.9 Å². The SMILES string of the molecule is CC(=O)OCC(=C(C(=O)OCCCN1C(=O)OCC1C(C)(C)SN=O)c1ccc(F)cc1)c1ccc(S(C)(=O)=O)cc1. The van der Waals surface area contributed by atoms with Crippen LogP contribution in [0.1, 0.15) is 38.3 Å². The summed E-state index contributed by atoms with van der Waals surface area (Å²) in [5.74, 6) is -1.97. The summed E-state index contributed by atoms with van der Waals surface area (Å²) >= 11 is 0.801. The smallest absolute Gasteiger partial charge is 0.410 e. The minimum atomic E-state index is -3.50. The molecule has 1 atom stereocenters. The van der Waals surface area contributed by atoms with Crippen LogP contribution in [-0.2, 0) is 33.6 Å². The molecule has 1 aliphatic heterocycles. The van der Waals surface area contributed by atoms with Crippen LogP contribution in [-0.4, -0.2) is 74.8 Å². The molecule has 14 heteroatoms. The molecule has 2 aromatic carbocycles. The predicted molar refractivity (Wildman–Crippen MR) is 154 cm³/mol. The van der Waals surface area contributed by atoms with Gasteiger partial charge >= 0.3 is 18.0 Å². The molecule has 0 aliphatic carbocycles. The van der Waals surface area contributed by atoms with E-state index in [-0.39, 0.29) is 54.4 Å². The summed E-state index contributed by atoms with van der Waals surface area (Å²) in [6, 6.07) is 10.3. The Balaban J connectivity index is 1.90. The number of ether oxygens (including phenoxy) is 3. The van der Waals surface area contributed by atoms with Crippen LogP contribution < -0.4 is 0 Å². The average molecular weight is 623 g/mol. The lowest BCUT2D eigenvalue weighted by Crippen LogP contribution is -2.46. The van der Waals surface area contributed by atoms with Gasteiger partial charge in [-0.2, -0.15) is 0 Å². The molecular weight excluding hydrogens is 591 g/mol. The van der Waals surface area contributed by atoms with Crippen LogP contribution in [0.15, 0.2) is 58.0 Å². The van der Waals surface area contributed by atoms with E-state index < -0.39 is 44.5 Å². The van der Waals surface area contributed by atoms with Crippen LogP contribution in [0.3, 0.4) is 0 Å². The van der Waals surface area contributed by atoms with Crippen molar-refractivity contribution < 1.29 is 41.4 Å². The highest BCUT2D eigenvalue weighted by Gasteiger charge is 2.44. The fourth-order valence-corrected chi connectivity index (χ4v) is 5.45. The molecule has 0 aromatic heterocycles. The number of amides is 1. The number of benzene rings is 2. The second-order valence-corrected chi connectivity index (χ2v) is 13.4. The molecular formula is C28H31FN2O9S2. The Morgan fingerprint density at radius 3 is 2.29 bits per heavy atom. The highest BCUT2D eigenvalue weighted by Crippen LogP contribution is 2.35. The monoisotopic (exact) mass is 622 g/mol. The molecule has 0 radical (unpaired) electrons. The van der Waals surface area contributed by atoms with E-state index in [0.29, 0.717) is 5.56 Å². The third-order valence-electron chi connectivity index (χ3n) is 6.52. The third-order valence-corrected chi connectivity index (χ3v) is 8.46.